The van der Waals surface area contributed by atoms with Crippen molar-refractivity contribution in [3.63, 3.8) is 0 Å². The van der Waals surface area contributed by atoms with Crippen molar-refractivity contribution in [3.8, 4) is 0 Å². The summed E-state index contributed by atoms with van der Waals surface area (Å²) in [6, 6.07) is 30.8. The molecule has 5 rings (SSSR count). The Bertz CT molecular complexity index is 1320. The molecule has 30 heavy (non-hydrogen) atoms. The van der Waals surface area contributed by atoms with E-state index in [4.69, 9.17) is 11.5 Å². The number of anilines is 2. The molecule has 0 fully saturated rings. The summed E-state index contributed by atoms with van der Waals surface area (Å²) in [5.41, 5.74) is 17.5. The first kappa shape index (κ1) is 18.0. The van der Waals surface area contributed by atoms with Crippen molar-refractivity contribution >= 4 is 44.7 Å². The molecule has 0 unspecified atom stereocenters. The highest BCUT2D eigenvalue weighted by Crippen LogP contribution is 2.37. The molecule has 0 atom stereocenters. The quantitative estimate of drug-likeness (QED) is 0.317. The molecule has 0 amide bonds. The number of hydrogen-bond donors (Lipinski definition) is 2. The standard InChI is InChI=1S/C27H22N3/c28-26-14-12-21(19-8-2-4-10-23(19)26)25(18-30-16-6-1-7-17-30)22-13-15-27(29)24-11-5-3-9-20(22)24/h1-18H,28-29H2/q+1. The molecule has 0 saturated carbocycles. The Morgan fingerprint density at radius 1 is 0.533 bits per heavy atom. The van der Waals surface area contributed by atoms with E-state index in [1.807, 2.05) is 54.9 Å². The Morgan fingerprint density at radius 2 is 1.00 bits per heavy atom. The molecule has 0 aliphatic carbocycles. The molecule has 0 bridgehead atoms. The van der Waals surface area contributed by atoms with Gasteiger partial charge in [0, 0.05) is 34.3 Å². The maximum Gasteiger partial charge on any atom is 0.182 e. The van der Waals surface area contributed by atoms with Crippen LogP contribution in [0.3, 0.4) is 0 Å². The molecular weight excluding hydrogens is 366 g/mol. The van der Waals surface area contributed by atoms with Crippen LogP contribution in [0.25, 0.3) is 33.3 Å². The molecule has 0 aliphatic rings. The fourth-order valence-electron chi connectivity index (χ4n) is 4.05. The smallest absolute Gasteiger partial charge is 0.182 e. The van der Waals surface area contributed by atoms with Gasteiger partial charge in [-0.05, 0) is 34.0 Å². The number of rotatable bonds is 3. The number of hydrogen-bond acceptors (Lipinski definition) is 2. The van der Waals surface area contributed by atoms with Gasteiger partial charge in [0.2, 0.25) is 0 Å². The second-order valence-electron chi connectivity index (χ2n) is 7.36. The van der Waals surface area contributed by atoms with Gasteiger partial charge in [0.15, 0.2) is 18.6 Å². The highest BCUT2D eigenvalue weighted by molar-refractivity contribution is 6.09. The van der Waals surface area contributed by atoms with Crippen molar-refractivity contribution in [2.75, 3.05) is 11.5 Å². The van der Waals surface area contributed by atoms with Gasteiger partial charge < -0.3 is 11.5 Å². The summed E-state index contributed by atoms with van der Waals surface area (Å²) >= 11 is 0. The lowest BCUT2D eigenvalue weighted by Crippen LogP contribution is -2.24. The molecule has 1 heterocycles. The van der Waals surface area contributed by atoms with E-state index in [2.05, 4.69) is 59.3 Å². The fraction of sp³-hybridized carbons (Fsp3) is 0. The Hall–Kier alpha value is -4.11. The second kappa shape index (κ2) is 7.37. The summed E-state index contributed by atoms with van der Waals surface area (Å²) < 4.78 is 2.07. The van der Waals surface area contributed by atoms with E-state index >= 15 is 0 Å². The van der Waals surface area contributed by atoms with Gasteiger partial charge in [-0.25, -0.2) is 0 Å². The number of nitrogen functional groups attached to an aromatic ring is 2. The third-order valence-corrected chi connectivity index (χ3v) is 5.51. The molecule has 3 nitrogen and oxygen atoms in total. The monoisotopic (exact) mass is 388 g/mol. The minimum Gasteiger partial charge on any atom is -0.398 e. The average molecular weight is 388 g/mol. The van der Waals surface area contributed by atoms with Gasteiger partial charge >= 0.3 is 0 Å². The van der Waals surface area contributed by atoms with Crippen molar-refractivity contribution < 1.29 is 4.57 Å². The van der Waals surface area contributed by atoms with Crippen LogP contribution in [0.2, 0.25) is 0 Å². The third kappa shape index (κ3) is 3.07. The van der Waals surface area contributed by atoms with E-state index in [1.54, 1.807) is 0 Å². The lowest BCUT2D eigenvalue weighted by atomic mass is 9.90. The van der Waals surface area contributed by atoms with Gasteiger partial charge in [-0.15, -0.1) is 0 Å². The highest BCUT2D eigenvalue weighted by Gasteiger charge is 2.16. The van der Waals surface area contributed by atoms with Crippen molar-refractivity contribution in [2.45, 2.75) is 0 Å². The number of pyridine rings is 1. The van der Waals surface area contributed by atoms with E-state index in [1.165, 1.54) is 0 Å². The van der Waals surface area contributed by atoms with E-state index in [-0.39, 0.29) is 0 Å². The van der Waals surface area contributed by atoms with Gasteiger partial charge in [-0.1, -0.05) is 66.7 Å². The van der Waals surface area contributed by atoms with Crippen LogP contribution in [0.5, 0.6) is 0 Å². The van der Waals surface area contributed by atoms with Crippen LogP contribution in [0.1, 0.15) is 11.1 Å². The topological polar surface area (TPSA) is 55.9 Å². The molecule has 0 spiro atoms. The van der Waals surface area contributed by atoms with Crippen molar-refractivity contribution in [1.82, 2.24) is 0 Å². The maximum absolute atomic E-state index is 6.29. The Morgan fingerprint density at radius 3 is 1.50 bits per heavy atom. The predicted octanol–water partition coefficient (Wildman–Crippen LogP) is 5.49. The number of nitrogens with two attached hydrogens (primary N) is 2. The van der Waals surface area contributed by atoms with Gasteiger partial charge in [0.05, 0.1) is 5.57 Å². The zero-order valence-corrected chi connectivity index (χ0v) is 16.5. The summed E-state index contributed by atoms with van der Waals surface area (Å²) in [7, 11) is 0. The first-order chi connectivity index (χ1) is 14.7. The zero-order chi connectivity index (χ0) is 20.5. The van der Waals surface area contributed by atoms with E-state index < -0.39 is 0 Å². The minimum absolute atomic E-state index is 0.781. The third-order valence-electron chi connectivity index (χ3n) is 5.51. The Kier molecular flexibility index (Phi) is 4.41. The summed E-state index contributed by atoms with van der Waals surface area (Å²) in [6.07, 6.45) is 6.24. The summed E-state index contributed by atoms with van der Waals surface area (Å²) in [5, 5.41) is 4.36. The van der Waals surface area contributed by atoms with Crippen molar-refractivity contribution in [1.29, 1.82) is 0 Å². The molecular formula is C27H22N3+. The largest absolute Gasteiger partial charge is 0.398 e. The molecule has 144 valence electrons. The normalized spacial score (nSPS) is 10.9. The number of nitrogens with zero attached hydrogens (tertiary/aromatic N) is 1. The molecule has 1 aromatic heterocycles. The molecule has 3 heteroatoms. The molecule has 4 N–H and O–H groups in total. The van der Waals surface area contributed by atoms with Crippen LogP contribution in [-0.2, 0) is 0 Å². The zero-order valence-electron chi connectivity index (χ0n) is 16.5. The van der Waals surface area contributed by atoms with Crippen LogP contribution in [0.4, 0.5) is 11.4 Å². The summed E-state index contributed by atoms with van der Waals surface area (Å²) in [6.45, 7) is 0. The highest BCUT2D eigenvalue weighted by atomic mass is 14.9. The first-order valence-electron chi connectivity index (χ1n) is 9.95. The average Bonchev–Trinajstić information content (AvgIpc) is 2.80. The Labute approximate surface area is 175 Å². The van der Waals surface area contributed by atoms with Crippen LogP contribution in [-0.4, -0.2) is 0 Å². The van der Waals surface area contributed by atoms with Crippen LogP contribution < -0.4 is 16.0 Å². The van der Waals surface area contributed by atoms with Gasteiger partial charge in [-0.3, -0.25) is 0 Å². The van der Waals surface area contributed by atoms with Crippen molar-refractivity contribution in [2.24, 2.45) is 0 Å². The first-order valence-corrected chi connectivity index (χ1v) is 9.95. The maximum atomic E-state index is 6.29. The van der Waals surface area contributed by atoms with Gasteiger partial charge in [-0.2, -0.15) is 4.57 Å². The lowest BCUT2D eigenvalue weighted by molar-refractivity contribution is -0.567. The minimum atomic E-state index is 0.781. The number of aromatic nitrogens is 1. The van der Waals surface area contributed by atoms with Gasteiger partial charge in [0.25, 0.3) is 0 Å². The second-order valence-corrected chi connectivity index (χ2v) is 7.36. The summed E-state index contributed by atoms with van der Waals surface area (Å²) in [4.78, 5) is 0. The van der Waals surface area contributed by atoms with E-state index in [0.29, 0.717) is 0 Å². The molecule has 0 saturated heterocycles. The van der Waals surface area contributed by atoms with E-state index in [9.17, 15) is 0 Å². The van der Waals surface area contributed by atoms with Gasteiger partial charge in [0.1, 0.15) is 0 Å². The SMILES string of the molecule is Nc1ccc(C(=C[n+]2ccccc2)c2ccc(N)c3ccccc23)c2ccccc12. The van der Waals surface area contributed by atoms with Crippen LogP contribution >= 0.6 is 0 Å². The van der Waals surface area contributed by atoms with Crippen LogP contribution in [0.15, 0.2) is 103 Å². The summed E-state index contributed by atoms with van der Waals surface area (Å²) in [5.74, 6) is 0. The van der Waals surface area contributed by atoms with Crippen LogP contribution in [0, 0.1) is 0 Å². The van der Waals surface area contributed by atoms with E-state index in [0.717, 1.165) is 49.6 Å². The number of fused-ring (bicyclic) bond motifs is 2. The molecule has 5 aromatic rings. The lowest BCUT2D eigenvalue weighted by Gasteiger charge is -2.14. The van der Waals surface area contributed by atoms with Crippen molar-refractivity contribution in [3.05, 3.63) is 115 Å². The number of benzene rings is 4. The molecule has 4 aromatic carbocycles. The fourth-order valence-corrected chi connectivity index (χ4v) is 4.05. The Balaban J connectivity index is 1.87. The molecule has 0 radical (unpaired) electrons. The predicted molar refractivity (Wildman–Crippen MR) is 127 cm³/mol. The molecule has 0 aliphatic heterocycles.